The molecular formula is C19H24N2O2. The summed E-state index contributed by atoms with van der Waals surface area (Å²) >= 11 is 0. The van der Waals surface area contributed by atoms with Gasteiger partial charge in [0.2, 0.25) is 0 Å². The van der Waals surface area contributed by atoms with Crippen molar-refractivity contribution in [2.45, 2.75) is 46.1 Å². The first-order valence-corrected chi connectivity index (χ1v) is 8.07. The van der Waals surface area contributed by atoms with Crippen LogP contribution in [0.1, 0.15) is 44.5 Å². The molecule has 4 heteroatoms. The number of aromatic nitrogens is 1. The second-order valence-electron chi connectivity index (χ2n) is 7.20. The average molecular weight is 312 g/mol. The highest BCUT2D eigenvalue weighted by Gasteiger charge is 2.33. The summed E-state index contributed by atoms with van der Waals surface area (Å²) in [6.45, 7) is 10.9. The number of ether oxygens (including phenoxy) is 1. The minimum Gasteiger partial charge on any atom is -0.459 e. The number of nitrogens with one attached hydrogen (secondary N) is 2. The van der Waals surface area contributed by atoms with E-state index in [1.807, 2.05) is 13.8 Å². The molecule has 122 valence electrons. The Balaban J connectivity index is 2.22. The van der Waals surface area contributed by atoms with Crippen molar-refractivity contribution in [3.8, 4) is 0 Å². The molecule has 1 aromatic carbocycles. The molecule has 0 saturated heterocycles. The largest absolute Gasteiger partial charge is 0.459 e. The summed E-state index contributed by atoms with van der Waals surface area (Å²) in [4.78, 5) is 16.0. The van der Waals surface area contributed by atoms with Crippen molar-refractivity contribution in [3.05, 3.63) is 41.2 Å². The van der Waals surface area contributed by atoms with E-state index in [1.54, 1.807) is 6.20 Å². The lowest BCUT2D eigenvalue weighted by atomic mass is 9.82. The smallest absolute Gasteiger partial charge is 0.342 e. The van der Waals surface area contributed by atoms with Gasteiger partial charge in [0.05, 0.1) is 17.4 Å². The monoisotopic (exact) mass is 312 g/mol. The number of fused-ring (bicyclic) bond motifs is 3. The summed E-state index contributed by atoms with van der Waals surface area (Å²) in [5.74, 6) is -0.297. The first-order chi connectivity index (χ1) is 10.8. The molecule has 2 N–H and O–H groups in total. The fourth-order valence-corrected chi connectivity index (χ4v) is 3.22. The van der Waals surface area contributed by atoms with E-state index < -0.39 is 0 Å². The van der Waals surface area contributed by atoms with Crippen molar-refractivity contribution in [1.29, 1.82) is 0 Å². The fraction of sp³-hybridized carbons (Fsp3) is 0.421. The lowest BCUT2D eigenvalue weighted by Crippen LogP contribution is -2.29. The standard InChI is InChI=1S/C19H24N2O2/c1-11(2)23-18(22)14-9-20-10-19(4,5)16-13-7-6-12(3)8-15(13)21-17(14)16/h6-9,11,20-21H,10H2,1-5H3. The van der Waals surface area contributed by atoms with Crippen LogP contribution in [0, 0.1) is 6.92 Å². The first-order valence-electron chi connectivity index (χ1n) is 8.07. The number of rotatable bonds is 2. The molecule has 2 heterocycles. The van der Waals surface area contributed by atoms with Crippen molar-refractivity contribution in [3.63, 3.8) is 0 Å². The summed E-state index contributed by atoms with van der Waals surface area (Å²) < 4.78 is 5.42. The average Bonchev–Trinajstić information content (AvgIpc) is 2.75. The van der Waals surface area contributed by atoms with E-state index in [2.05, 4.69) is 49.3 Å². The molecule has 1 aliphatic heterocycles. The second kappa shape index (κ2) is 5.44. The third-order valence-corrected chi connectivity index (χ3v) is 4.25. The minimum atomic E-state index is -0.297. The Hall–Kier alpha value is -2.23. The molecule has 3 rings (SSSR count). The summed E-state index contributed by atoms with van der Waals surface area (Å²) in [6.07, 6.45) is 1.63. The molecule has 0 unspecified atom stereocenters. The number of hydrogen-bond acceptors (Lipinski definition) is 3. The number of aryl methyl sites for hydroxylation is 1. The molecule has 2 aromatic rings. The summed E-state index contributed by atoms with van der Waals surface area (Å²) in [5, 5.41) is 4.44. The van der Waals surface area contributed by atoms with E-state index in [4.69, 9.17) is 4.74 Å². The third kappa shape index (κ3) is 2.74. The van der Waals surface area contributed by atoms with Gasteiger partial charge in [-0.25, -0.2) is 4.79 Å². The molecule has 0 saturated carbocycles. The van der Waals surface area contributed by atoms with E-state index >= 15 is 0 Å². The van der Waals surface area contributed by atoms with Crippen molar-refractivity contribution < 1.29 is 9.53 Å². The Morgan fingerprint density at radius 3 is 2.74 bits per heavy atom. The van der Waals surface area contributed by atoms with Gasteiger partial charge in [-0.2, -0.15) is 0 Å². The topological polar surface area (TPSA) is 54.1 Å². The van der Waals surface area contributed by atoms with E-state index in [9.17, 15) is 4.79 Å². The Morgan fingerprint density at radius 1 is 1.30 bits per heavy atom. The molecule has 1 aromatic heterocycles. The van der Waals surface area contributed by atoms with Gasteiger partial charge in [-0.1, -0.05) is 26.0 Å². The van der Waals surface area contributed by atoms with Gasteiger partial charge >= 0.3 is 5.97 Å². The number of aromatic amines is 1. The minimum absolute atomic E-state index is 0.0980. The lowest BCUT2D eigenvalue weighted by molar-refractivity contribution is -0.140. The van der Waals surface area contributed by atoms with Crippen molar-refractivity contribution in [2.75, 3.05) is 6.54 Å². The van der Waals surface area contributed by atoms with Gasteiger partial charge in [-0.15, -0.1) is 0 Å². The van der Waals surface area contributed by atoms with Gasteiger partial charge < -0.3 is 15.0 Å². The molecule has 23 heavy (non-hydrogen) atoms. The van der Waals surface area contributed by atoms with Gasteiger partial charge in [0.15, 0.2) is 0 Å². The SMILES string of the molecule is Cc1ccc2c3c([nH]c2c1)C(C(=O)OC(C)C)=CNCC3(C)C. The van der Waals surface area contributed by atoms with E-state index in [-0.39, 0.29) is 17.5 Å². The number of benzene rings is 1. The molecule has 4 nitrogen and oxygen atoms in total. The van der Waals surface area contributed by atoms with Crippen LogP contribution in [0.2, 0.25) is 0 Å². The molecule has 1 aliphatic rings. The fourth-order valence-electron chi connectivity index (χ4n) is 3.22. The molecule has 0 fully saturated rings. The Kier molecular flexibility index (Phi) is 3.71. The predicted molar refractivity (Wildman–Crippen MR) is 93.3 cm³/mol. The highest BCUT2D eigenvalue weighted by atomic mass is 16.5. The molecule has 0 spiro atoms. The zero-order valence-electron chi connectivity index (χ0n) is 14.4. The van der Waals surface area contributed by atoms with Crippen LogP contribution in [0.15, 0.2) is 24.4 Å². The van der Waals surface area contributed by atoms with Crippen molar-refractivity contribution >= 4 is 22.4 Å². The molecule has 0 radical (unpaired) electrons. The zero-order valence-corrected chi connectivity index (χ0v) is 14.4. The Bertz CT molecular complexity index is 797. The van der Waals surface area contributed by atoms with Crippen LogP contribution in [-0.4, -0.2) is 23.6 Å². The van der Waals surface area contributed by atoms with Gasteiger partial charge in [0.25, 0.3) is 0 Å². The zero-order chi connectivity index (χ0) is 16.8. The van der Waals surface area contributed by atoms with Gasteiger partial charge in [-0.05, 0) is 38.0 Å². The van der Waals surface area contributed by atoms with Crippen LogP contribution in [0.3, 0.4) is 0 Å². The highest BCUT2D eigenvalue weighted by Crippen LogP contribution is 2.38. The molecule has 0 bridgehead atoms. The summed E-state index contributed by atoms with van der Waals surface area (Å²) in [6, 6.07) is 6.37. The Morgan fingerprint density at radius 2 is 2.04 bits per heavy atom. The van der Waals surface area contributed by atoms with Crippen LogP contribution < -0.4 is 5.32 Å². The van der Waals surface area contributed by atoms with Crippen LogP contribution in [0.4, 0.5) is 0 Å². The lowest BCUT2D eigenvalue weighted by Gasteiger charge is -2.24. The molecular weight excluding hydrogens is 288 g/mol. The van der Waals surface area contributed by atoms with Crippen molar-refractivity contribution in [1.82, 2.24) is 10.3 Å². The van der Waals surface area contributed by atoms with E-state index in [0.717, 1.165) is 17.8 Å². The van der Waals surface area contributed by atoms with Gasteiger partial charge in [0, 0.05) is 29.1 Å². The number of carbonyl (C=O) groups is 1. The van der Waals surface area contributed by atoms with Crippen LogP contribution in [0.5, 0.6) is 0 Å². The van der Waals surface area contributed by atoms with E-state index in [0.29, 0.717) is 5.57 Å². The number of H-pyrrole nitrogens is 1. The maximum absolute atomic E-state index is 12.5. The van der Waals surface area contributed by atoms with Crippen molar-refractivity contribution in [2.24, 2.45) is 0 Å². The number of carbonyl (C=O) groups excluding carboxylic acids is 1. The first kappa shape index (κ1) is 15.7. The molecule has 0 atom stereocenters. The van der Waals surface area contributed by atoms with Gasteiger partial charge in [-0.3, -0.25) is 0 Å². The maximum atomic E-state index is 12.5. The maximum Gasteiger partial charge on any atom is 0.342 e. The molecule has 0 aliphatic carbocycles. The van der Waals surface area contributed by atoms with Crippen LogP contribution >= 0.6 is 0 Å². The quantitative estimate of drug-likeness (QED) is 0.832. The van der Waals surface area contributed by atoms with Crippen LogP contribution in [-0.2, 0) is 14.9 Å². The second-order valence-corrected chi connectivity index (χ2v) is 7.20. The number of esters is 1. The normalized spacial score (nSPS) is 16.5. The summed E-state index contributed by atoms with van der Waals surface area (Å²) in [5.41, 5.74) is 4.76. The highest BCUT2D eigenvalue weighted by molar-refractivity contribution is 6.18. The third-order valence-electron chi connectivity index (χ3n) is 4.25. The number of hydrogen-bond donors (Lipinski definition) is 2. The van der Waals surface area contributed by atoms with Crippen LogP contribution in [0.25, 0.3) is 16.5 Å². The predicted octanol–water partition coefficient (Wildman–Crippen LogP) is 3.65. The van der Waals surface area contributed by atoms with Gasteiger partial charge in [0.1, 0.15) is 0 Å². The summed E-state index contributed by atoms with van der Waals surface area (Å²) in [7, 11) is 0. The van der Waals surface area contributed by atoms with E-state index in [1.165, 1.54) is 16.5 Å². The Labute approximate surface area is 136 Å². The molecule has 0 amide bonds.